The smallest absolute Gasteiger partial charge is 0.265 e. The number of hydrogen-bond acceptors (Lipinski definition) is 4. The van der Waals surface area contributed by atoms with Crippen LogP contribution in [0.4, 0.5) is 0 Å². The van der Waals surface area contributed by atoms with Crippen molar-refractivity contribution in [2.45, 2.75) is 44.7 Å². The number of benzene rings is 1. The molecule has 0 spiro atoms. The molecule has 1 amide bonds. The Hall–Kier alpha value is -2.57. The topological polar surface area (TPSA) is 86.4 Å². The predicted molar refractivity (Wildman–Crippen MR) is 102 cm³/mol. The van der Waals surface area contributed by atoms with Crippen molar-refractivity contribution >= 4 is 33.2 Å². The second-order valence-corrected chi connectivity index (χ2v) is 7.79. The maximum absolute atomic E-state index is 12.9. The van der Waals surface area contributed by atoms with Gasteiger partial charge in [-0.1, -0.05) is 41.8 Å². The van der Waals surface area contributed by atoms with E-state index in [2.05, 4.69) is 15.0 Å². The number of amides is 1. The van der Waals surface area contributed by atoms with Gasteiger partial charge in [0.25, 0.3) is 5.91 Å². The van der Waals surface area contributed by atoms with Crippen molar-refractivity contribution in [3.05, 3.63) is 45.3 Å². The Morgan fingerprint density at radius 1 is 1.42 bits per heavy atom. The number of hydrogen-bond donors (Lipinski definition) is 0. The third-order valence-electron chi connectivity index (χ3n) is 5.14. The third kappa shape index (κ3) is 3.02. The zero-order valence-electron chi connectivity index (χ0n) is 14.6. The number of thiazole rings is 1. The average Bonchev–Trinajstić information content (AvgIpc) is 3.24. The molecule has 2 aromatic heterocycles. The van der Waals surface area contributed by atoms with Gasteiger partial charge in [-0.3, -0.25) is 9.20 Å². The van der Waals surface area contributed by atoms with Crippen LogP contribution in [0.1, 0.15) is 47.3 Å². The molecule has 0 N–H and O–H groups in total. The van der Waals surface area contributed by atoms with Gasteiger partial charge in [0.2, 0.25) is 0 Å². The largest absolute Gasteiger partial charge is 0.338 e. The Bertz CT molecular complexity index is 1010. The van der Waals surface area contributed by atoms with Crippen molar-refractivity contribution in [2.75, 3.05) is 7.05 Å². The molecule has 26 heavy (non-hydrogen) atoms. The molecule has 0 aliphatic heterocycles. The molecule has 1 fully saturated rings. The molecular formula is C18H20N6OS. The van der Waals surface area contributed by atoms with Gasteiger partial charge in [-0.15, -0.1) is 0 Å². The molecule has 1 aromatic carbocycles. The number of carbonyl (C=O) groups is 1. The van der Waals surface area contributed by atoms with E-state index in [1.807, 2.05) is 40.7 Å². The Morgan fingerprint density at radius 3 is 3.00 bits per heavy atom. The highest BCUT2D eigenvalue weighted by molar-refractivity contribution is 7.18. The summed E-state index contributed by atoms with van der Waals surface area (Å²) in [5.74, 6) is 0.0748. The van der Waals surface area contributed by atoms with E-state index in [1.165, 1.54) is 30.6 Å². The van der Waals surface area contributed by atoms with E-state index in [1.54, 1.807) is 0 Å². The molecule has 8 heteroatoms. The second-order valence-electron chi connectivity index (χ2n) is 6.78. The van der Waals surface area contributed by atoms with Crippen LogP contribution in [-0.4, -0.2) is 33.3 Å². The molecule has 2 heterocycles. The summed E-state index contributed by atoms with van der Waals surface area (Å²) in [4.78, 5) is 23.7. The maximum Gasteiger partial charge on any atom is 0.265 e. The van der Waals surface area contributed by atoms with E-state index in [9.17, 15) is 4.79 Å². The monoisotopic (exact) mass is 368 g/mol. The lowest BCUT2D eigenvalue weighted by Gasteiger charge is -2.30. The first-order chi connectivity index (χ1) is 12.7. The molecule has 1 aliphatic rings. The number of azide groups is 1. The summed E-state index contributed by atoms with van der Waals surface area (Å²) >= 11 is 1.43. The highest BCUT2D eigenvalue weighted by Crippen LogP contribution is 2.28. The minimum Gasteiger partial charge on any atom is -0.338 e. The van der Waals surface area contributed by atoms with Gasteiger partial charge in [0.05, 0.1) is 17.6 Å². The van der Waals surface area contributed by atoms with E-state index in [4.69, 9.17) is 5.53 Å². The van der Waals surface area contributed by atoms with E-state index in [0.29, 0.717) is 17.5 Å². The molecule has 0 bridgehead atoms. The third-order valence-corrected chi connectivity index (χ3v) is 6.11. The number of fused-ring (bicyclic) bond motifs is 3. The van der Waals surface area contributed by atoms with Crippen molar-refractivity contribution in [2.24, 2.45) is 5.11 Å². The zero-order valence-corrected chi connectivity index (χ0v) is 15.4. The van der Waals surface area contributed by atoms with Crippen LogP contribution >= 0.6 is 11.3 Å². The van der Waals surface area contributed by atoms with Crippen LogP contribution in [0.15, 0.2) is 29.5 Å². The van der Waals surface area contributed by atoms with Gasteiger partial charge in [-0.05, 0) is 36.1 Å². The summed E-state index contributed by atoms with van der Waals surface area (Å²) in [5, 5.41) is 3.61. The van der Waals surface area contributed by atoms with Crippen molar-refractivity contribution < 1.29 is 4.79 Å². The first-order valence-electron chi connectivity index (χ1n) is 8.86. The molecule has 1 saturated carbocycles. The quantitative estimate of drug-likeness (QED) is 0.377. The fraction of sp³-hybridized carbons (Fsp3) is 0.444. The van der Waals surface area contributed by atoms with E-state index in [-0.39, 0.29) is 5.91 Å². The average molecular weight is 368 g/mol. The summed E-state index contributed by atoms with van der Waals surface area (Å²) in [6, 6.07) is 6.15. The summed E-state index contributed by atoms with van der Waals surface area (Å²) in [5.41, 5.74) is 11.2. The first kappa shape index (κ1) is 16.9. The van der Waals surface area contributed by atoms with Crippen LogP contribution in [0, 0.1) is 0 Å². The lowest BCUT2D eigenvalue weighted by molar-refractivity contribution is 0.0701. The number of aromatic nitrogens is 2. The normalized spacial score (nSPS) is 15.3. The van der Waals surface area contributed by atoms with Gasteiger partial charge in [-0.25, -0.2) is 4.98 Å². The molecule has 7 nitrogen and oxygen atoms in total. The number of imidazole rings is 1. The van der Waals surface area contributed by atoms with Gasteiger partial charge < -0.3 is 4.90 Å². The van der Waals surface area contributed by atoms with Gasteiger partial charge in [0.15, 0.2) is 4.96 Å². The fourth-order valence-corrected chi connectivity index (χ4v) is 4.65. The fourth-order valence-electron chi connectivity index (χ4n) is 3.67. The van der Waals surface area contributed by atoms with Crippen LogP contribution in [0.2, 0.25) is 0 Å². The van der Waals surface area contributed by atoms with Crippen LogP contribution in [0.25, 0.3) is 26.4 Å². The van der Waals surface area contributed by atoms with Gasteiger partial charge >= 0.3 is 0 Å². The van der Waals surface area contributed by atoms with Crippen molar-refractivity contribution in [1.29, 1.82) is 0 Å². The Kier molecular flexibility index (Phi) is 4.53. The molecule has 0 radical (unpaired) electrons. The standard InChI is InChI=1S/C18H20N6OS/c1-23(13-5-3-2-4-6-13)17(25)16-11-24-15-9-12(10-20-22-19)7-8-14(15)21-18(24)26-16/h7-9,11,13H,2-6,10H2,1H3. The maximum atomic E-state index is 12.9. The highest BCUT2D eigenvalue weighted by Gasteiger charge is 2.25. The highest BCUT2D eigenvalue weighted by atomic mass is 32.1. The van der Waals surface area contributed by atoms with Crippen LogP contribution in [0.5, 0.6) is 0 Å². The number of nitrogens with zero attached hydrogens (tertiary/aromatic N) is 6. The van der Waals surface area contributed by atoms with E-state index in [0.717, 1.165) is 34.4 Å². The lowest BCUT2D eigenvalue weighted by atomic mass is 9.94. The summed E-state index contributed by atoms with van der Waals surface area (Å²) in [7, 11) is 1.91. The van der Waals surface area contributed by atoms with E-state index >= 15 is 0 Å². The zero-order chi connectivity index (χ0) is 18.1. The van der Waals surface area contributed by atoms with Crippen LogP contribution < -0.4 is 0 Å². The predicted octanol–water partition coefficient (Wildman–Crippen LogP) is 4.76. The Morgan fingerprint density at radius 2 is 2.23 bits per heavy atom. The lowest BCUT2D eigenvalue weighted by Crippen LogP contribution is -2.37. The molecule has 0 saturated heterocycles. The molecule has 4 rings (SSSR count). The summed E-state index contributed by atoms with van der Waals surface area (Å²) in [6.45, 7) is 0.306. The molecular weight excluding hydrogens is 348 g/mol. The van der Waals surface area contributed by atoms with Crippen molar-refractivity contribution in [3.8, 4) is 0 Å². The molecule has 134 valence electrons. The van der Waals surface area contributed by atoms with Crippen LogP contribution in [-0.2, 0) is 6.54 Å². The van der Waals surface area contributed by atoms with Gasteiger partial charge in [-0.2, -0.15) is 0 Å². The molecule has 0 atom stereocenters. The Labute approximate surface area is 154 Å². The summed E-state index contributed by atoms with van der Waals surface area (Å²) < 4.78 is 1.96. The minimum atomic E-state index is 0.0748. The number of carbonyl (C=O) groups excluding carboxylic acids is 1. The second kappa shape index (κ2) is 6.97. The Balaban J connectivity index is 1.66. The van der Waals surface area contributed by atoms with E-state index < -0.39 is 0 Å². The van der Waals surface area contributed by atoms with Crippen molar-refractivity contribution in [1.82, 2.24) is 14.3 Å². The van der Waals surface area contributed by atoms with Gasteiger partial charge in [0.1, 0.15) is 4.88 Å². The number of rotatable bonds is 4. The molecule has 0 unspecified atom stereocenters. The molecule has 1 aliphatic carbocycles. The minimum absolute atomic E-state index is 0.0748. The van der Waals surface area contributed by atoms with Crippen molar-refractivity contribution in [3.63, 3.8) is 0 Å². The summed E-state index contributed by atoms with van der Waals surface area (Å²) in [6.07, 6.45) is 7.75. The van der Waals surface area contributed by atoms with Gasteiger partial charge in [0, 0.05) is 24.2 Å². The SMILES string of the molecule is CN(C(=O)c1cn2c(nc3ccc(CN=[N+]=[N-])cc32)s1)C1CCCCC1. The van der Waals surface area contributed by atoms with Crippen LogP contribution in [0.3, 0.4) is 0 Å². The first-order valence-corrected chi connectivity index (χ1v) is 9.67. The molecule has 3 aromatic rings.